The van der Waals surface area contributed by atoms with E-state index in [-0.39, 0.29) is 18.3 Å². The lowest BCUT2D eigenvalue weighted by Gasteiger charge is -2.26. The molecule has 0 radical (unpaired) electrons. The quantitative estimate of drug-likeness (QED) is 0.871. The van der Waals surface area contributed by atoms with Crippen LogP contribution in [0.3, 0.4) is 0 Å². The molecule has 0 aliphatic carbocycles. The van der Waals surface area contributed by atoms with Crippen LogP contribution >= 0.6 is 23.7 Å². The van der Waals surface area contributed by atoms with Gasteiger partial charge in [0.25, 0.3) is 0 Å². The number of hydrogen-bond donors (Lipinski definition) is 2. The predicted octanol–water partition coefficient (Wildman–Crippen LogP) is 1.86. The number of rotatable bonds is 5. The van der Waals surface area contributed by atoms with Crippen LogP contribution < -0.4 is 10.6 Å². The van der Waals surface area contributed by atoms with Crippen molar-refractivity contribution in [1.82, 2.24) is 15.5 Å². The summed E-state index contributed by atoms with van der Waals surface area (Å²) in [5.74, 6) is 0.119. The predicted molar refractivity (Wildman–Crippen MR) is 86.6 cm³/mol. The smallest absolute Gasteiger partial charge is 0.234 e. The van der Waals surface area contributed by atoms with Crippen molar-refractivity contribution in [2.45, 2.75) is 31.8 Å². The topological polar surface area (TPSA) is 44.4 Å². The summed E-state index contributed by atoms with van der Waals surface area (Å²) in [5, 5.41) is 8.42. The first-order chi connectivity index (χ1) is 9.25. The summed E-state index contributed by atoms with van der Waals surface area (Å²) in [6.07, 6.45) is 3.52. The van der Waals surface area contributed by atoms with Crippen molar-refractivity contribution >= 4 is 29.7 Å². The molecular weight excluding hydrogens is 294 g/mol. The minimum atomic E-state index is 0. The van der Waals surface area contributed by atoms with Crippen LogP contribution in [0.25, 0.3) is 0 Å². The van der Waals surface area contributed by atoms with Gasteiger partial charge in [0.15, 0.2) is 0 Å². The molecule has 0 bridgehead atoms. The summed E-state index contributed by atoms with van der Waals surface area (Å²) in [7, 11) is 2.06. The van der Waals surface area contributed by atoms with Gasteiger partial charge >= 0.3 is 0 Å². The molecule has 1 unspecified atom stereocenters. The Hall–Kier alpha value is -0.620. The van der Waals surface area contributed by atoms with Gasteiger partial charge in [0, 0.05) is 10.9 Å². The van der Waals surface area contributed by atoms with Gasteiger partial charge < -0.3 is 10.6 Å². The minimum Gasteiger partial charge on any atom is -0.350 e. The number of thiophene rings is 1. The first-order valence-electron chi connectivity index (χ1n) is 6.96. The molecule has 0 saturated carbocycles. The first kappa shape index (κ1) is 17.4. The molecule has 1 aromatic heterocycles. The van der Waals surface area contributed by atoms with E-state index < -0.39 is 0 Å². The Kier molecular flexibility index (Phi) is 8.14. The van der Waals surface area contributed by atoms with Gasteiger partial charge in [-0.15, -0.1) is 23.7 Å². The van der Waals surface area contributed by atoms with Crippen molar-refractivity contribution in [3.8, 4) is 0 Å². The van der Waals surface area contributed by atoms with Crippen LogP contribution in [0.2, 0.25) is 0 Å². The highest BCUT2D eigenvalue weighted by molar-refractivity contribution is 7.09. The summed E-state index contributed by atoms with van der Waals surface area (Å²) in [5.41, 5.74) is 0. The molecule has 1 aliphatic rings. The van der Waals surface area contributed by atoms with Gasteiger partial charge in [0.2, 0.25) is 5.91 Å². The zero-order valence-corrected chi connectivity index (χ0v) is 13.6. The van der Waals surface area contributed by atoms with Gasteiger partial charge in [-0.25, -0.2) is 0 Å². The average molecular weight is 318 g/mol. The molecule has 2 rings (SSSR count). The number of nitrogens with zero attached hydrogens (tertiary/aromatic N) is 1. The molecular formula is C14H24ClN3OS. The number of likely N-dealkylation sites (N-methyl/N-ethyl adjacent to an activating group) is 1. The summed E-state index contributed by atoms with van der Waals surface area (Å²) >= 11 is 1.68. The van der Waals surface area contributed by atoms with Crippen molar-refractivity contribution in [2.24, 2.45) is 0 Å². The van der Waals surface area contributed by atoms with E-state index >= 15 is 0 Å². The summed E-state index contributed by atoms with van der Waals surface area (Å²) in [6, 6.07) is 4.59. The molecule has 0 aromatic carbocycles. The third kappa shape index (κ3) is 5.79. The van der Waals surface area contributed by atoms with E-state index in [0.717, 1.165) is 19.5 Å². The molecule has 1 aromatic rings. The van der Waals surface area contributed by atoms with Gasteiger partial charge in [0.05, 0.1) is 13.1 Å². The van der Waals surface area contributed by atoms with Crippen LogP contribution in [-0.4, -0.2) is 43.5 Å². The molecule has 1 atom stereocenters. The number of carbonyl (C=O) groups excluding carboxylic acids is 1. The molecule has 6 heteroatoms. The Labute approximate surface area is 131 Å². The average Bonchev–Trinajstić information content (AvgIpc) is 2.76. The van der Waals surface area contributed by atoms with E-state index in [9.17, 15) is 4.79 Å². The fraction of sp³-hybridized carbons (Fsp3) is 0.643. The van der Waals surface area contributed by atoms with Gasteiger partial charge in [-0.2, -0.15) is 0 Å². The van der Waals surface area contributed by atoms with Crippen LogP contribution in [0, 0.1) is 0 Å². The van der Waals surface area contributed by atoms with Gasteiger partial charge in [0.1, 0.15) is 0 Å². The minimum absolute atomic E-state index is 0. The lowest BCUT2D eigenvalue weighted by Crippen LogP contribution is -2.40. The highest BCUT2D eigenvalue weighted by atomic mass is 35.5. The molecule has 20 heavy (non-hydrogen) atoms. The zero-order chi connectivity index (χ0) is 13.5. The van der Waals surface area contributed by atoms with Crippen molar-refractivity contribution in [3.63, 3.8) is 0 Å². The fourth-order valence-corrected chi connectivity index (χ4v) is 3.10. The number of hydrogen-bond acceptors (Lipinski definition) is 4. The maximum Gasteiger partial charge on any atom is 0.234 e. The van der Waals surface area contributed by atoms with Crippen LogP contribution in [-0.2, 0) is 11.3 Å². The van der Waals surface area contributed by atoms with Gasteiger partial charge in [-0.05, 0) is 50.8 Å². The van der Waals surface area contributed by atoms with E-state index in [4.69, 9.17) is 0 Å². The first-order valence-corrected chi connectivity index (χ1v) is 7.83. The Bertz CT molecular complexity index is 378. The highest BCUT2D eigenvalue weighted by Gasteiger charge is 2.18. The molecule has 2 heterocycles. The standard InChI is InChI=1S/C14H23N3OS.ClH/c1-17(12-4-2-7-15-8-6-12)11-14(18)16-10-13-5-3-9-19-13;/h3,5,9,12,15H,2,4,6-8,10-11H2,1H3,(H,16,18);1H. The number of halogens is 1. The summed E-state index contributed by atoms with van der Waals surface area (Å²) < 4.78 is 0. The van der Waals surface area contributed by atoms with Crippen LogP contribution in [0.1, 0.15) is 24.1 Å². The van der Waals surface area contributed by atoms with Crippen molar-refractivity contribution < 1.29 is 4.79 Å². The molecule has 114 valence electrons. The summed E-state index contributed by atoms with van der Waals surface area (Å²) in [6.45, 7) is 3.31. The second kappa shape index (κ2) is 9.34. The van der Waals surface area contributed by atoms with Crippen molar-refractivity contribution in [3.05, 3.63) is 22.4 Å². The second-order valence-corrected chi connectivity index (χ2v) is 6.14. The molecule has 2 N–H and O–H groups in total. The van der Waals surface area contributed by atoms with Gasteiger partial charge in [-0.3, -0.25) is 9.69 Å². The van der Waals surface area contributed by atoms with E-state index in [1.165, 1.54) is 17.7 Å². The van der Waals surface area contributed by atoms with E-state index in [2.05, 4.69) is 22.6 Å². The Morgan fingerprint density at radius 3 is 3.10 bits per heavy atom. The Balaban J connectivity index is 0.00000200. The molecule has 1 fully saturated rings. The maximum atomic E-state index is 11.9. The second-order valence-electron chi connectivity index (χ2n) is 5.11. The number of amides is 1. The fourth-order valence-electron chi connectivity index (χ4n) is 2.45. The molecule has 1 saturated heterocycles. The maximum absolute atomic E-state index is 11.9. The largest absolute Gasteiger partial charge is 0.350 e. The van der Waals surface area contributed by atoms with Crippen molar-refractivity contribution in [1.29, 1.82) is 0 Å². The van der Waals surface area contributed by atoms with Crippen LogP contribution in [0.15, 0.2) is 17.5 Å². The molecule has 0 spiro atoms. The summed E-state index contributed by atoms with van der Waals surface area (Å²) in [4.78, 5) is 15.3. The Morgan fingerprint density at radius 2 is 2.35 bits per heavy atom. The number of nitrogens with one attached hydrogen (secondary N) is 2. The number of carbonyl (C=O) groups is 1. The molecule has 1 aliphatic heterocycles. The zero-order valence-electron chi connectivity index (χ0n) is 11.9. The third-order valence-corrected chi connectivity index (χ3v) is 4.48. The SMILES string of the molecule is CN(CC(=O)NCc1cccs1)C1CCCNCC1.Cl. The van der Waals surface area contributed by atoms with Gasteiger partial charge in [-0.1, -0.05) is 6.07 Å². The monoisotopic (exact) mass is 317 g/mol. The Morgan fingerprint density at radius 1 is 1.50 bits per heavy atom. The highest BCUT2D eigenvalue weighted by Crippen LogP contribution is 2.11. The molecule has 1 amide bonds. The third-order valence-electron chi connectivity index (χ3n) is 3.60. The van der Waals surface area contributed by atoms with Crippen LogP contribution in [0.5, 0.6) is 0 Å². The van der Waals surface area contributed by atoms with Crippen LogP contribution in [0.4, 0.5) is 0 Å². The molecule has 4 nitrogen and oxygen atoms in total. The van der Waals surface area contributed by atoms with E-state index in [1.807, 2.05) is 17.5 Å². The van der Waals surface area contributed by atoms with E-state index in [1.54, 1.807) is 11.3 Å². The lowest BCUT2D eigenvalue weighted by atomic mass is 10.1. The lowest BCUT2D eigenvalue weighted by molar-refractivity contribution is -0.122. The van der Waals surface area contributed by atoms with Crippen molar-refractivity contribution in [2.75, 3.05) is 26.7 Å². The normalized spacial score (nSPS) is 19.2. The van der Waals surface area contributed by atoms with E-state index in [0.29, 0.717) is 19.1 Å².